The van der Waals surface area contributed by atoms with Crippen LogP contribution in [0.4, 0.5) is 5.69 Å². The lowest BCUT2D eigenvalue weighted by Crippen LogP contribution is -2.08. The molecule has 5 nitrogen and oxygen atoms in total. The van der Waals surface area contributed by atoms with Crippen molar-refractivity contribution in [2.75, 3.05) is 14.1 Å². The van der Waals surface area contributed by atoms with Gasteiger partial charge in [-0.05, 0) is 43.2 Å². The molecule has 0 spiro atoms. The number of hydrogen-bond donors (Lipinski definition) is 0. The Bertz CT molecular complexity index is 455. The maximum atomic E-state index is 10.5. The Balaban J connectivity index is 2.94. The van der Waals surface area contributed by atoms with Crippen LogP contribution in [-0.2, 0) is 11.8 Å². The fraction of sp³-hybridized carbons (Fsp3) is 0.250. The normalized spacial score (nSPS) is 14.5. The number of benzene rings is 1. The first-order valence-corrected chi connectivity index (χ1v) is 7.82. The van der Waals surface area contributed by atoms with Gasteiger partial charge in [0.25, 0.3) is 11.5 Å². The van der Waals surface area contributed by atoms with E-state index in [1.165, 1.54) is 18.2 Å². The molecule has 0 aliphatic rings. The van der Waals surface area contributed by atoms with Gasteiger partial charge in [0.1, 0.15) is 5.75 Å². The van der Waals surface area contributed by atoms with Crippen LogP contribution >= 0.6 is 17.0 Å². The Morgan fingerprint density at radius 1 is 1.56 bits per heavy atom. The average Bonchev–Trinajstić information content (AvgIpc) is 2.17. The molecule has 0 saturated carbocycles. The number of nitrogens with zero attached hydrogens (tertiary/aromatic N) is 2. The Morgan fingerprint density at radius 3 is 2.69 bits per heavy atom. The molecule has 0 amide bonds. The number of nitro benzene ring substituents is 1. The third-order valence-corrected chi connectivity index (χ3v) is 5.43. The van der Waals surface area contributed by atoms with Crippen molar-refractivity contribution in [2.24, 2.45) is 0 Å². The minimum atomic E-state index is -2.62. The average molecular weight is 281 g/mol. The van der Waals surface area contributed by atoms with E-state index in [0.717, 1.165) is 0 Å². The molecule has 0 N–H and O–H groups in total. The molecule has 0 aliphatic heterocycles. The summed E-state index contributed by atoms with van der Waals surface area (Å²) in [6, 6.07) is 5.78. The van der Waals surface area contributed by atoms with Gasteiger partial charge in [0.05, 0.1) is 11.0 Å². The number of nitro groups is 1. The highest BCUT2D eigenvalue weighted by Gasteiger charge is 2.19. The summed E-state index contributed by atoms with van der Waals surface area (Å²) in [5, 5.41) is 10.5. The predicted octanol–water partition coefficient (Wildman–Crippen LogP) is 3.00. The van der Waals surface area contributed by atoms with Crippen molar-refractivity contribution in [3.8, 4) is 5.75 Å². The number of non-ortho nitro benzene ring substituents is 1. The SMILES string of the molecule is CN(C)P(=S)(Cl)Oc1cccc([N+](=O)[O-])c1. The molecule has 1 atom stereocenters. The first-order valence-electron chi connectivity index (χ1n) is 4.24. The lowest BCUT2D eigenvalue weighted by Gasteiger charge is -2.22. The molecule has 88 valence electrons. The molecule has 16 heavy (non-hydrogen) atoms. The van der Waals surface area contributed by atoms with Crippen LogP contribution in [0.25, 0.3) is 0 Å². The fourth-order valence-electron chi connectivity index (χ4n) is 0.866. The number of rotatable bonds is 4. The van der Waals surface area contributed by atoms with Crippen LogP contribution in [0, 0.1) is 10.1 Å². The summed E-state index contributed by atoms with van der Waals surface area (Å²) in [5.41, 5.74) is -0.0528. The molecule has 0 fully saturated rings. The molecule has 0 aromatic heterocycles. The minimum Gasteiger partial charge on any atom is -0.441 e. The first-order chi connectivity index (χ1) is 7.33. The first kappa shape index (κ1) is 13.4. The Labute approximate surface area is 103 Å². The van der Waals surface area contributed by atoms with E-state index in [0.29, 0.717) is 5.75 Å². The second kappa shape index (κ2) is 5.10. The van der Waals surface area contributed by atoms with Gasteiger partial charge in [-0.2, -0.15) is 0 Å². The van der Waals surface area contributed by atoms with Crippen molar-refractivity contribution < 1.29 is 9.45 Å². The van der Waals surface area contributed by atoms with Gasteiger partial charge in [-0.25, -0.2) is 4.67 Å². The van der Waals surface area contributed by atoms with Crippen molar-refractivity contribution in [3.05, 3.63) is 34.4 Å². The van der Waals surface area contributed by atoms with Crippen molar-refractivity contribution >= 4 is 34.5 Å². The summed E-state index contributed by atoms with van der Waals surface area (Å²) in [4.78, 5) is 10.0. The molecule has 0 heterocycles. The summed E-state index contributed by atoms with van der Waals surface area (Å²) in [6.45, 7) is 0. The van der Waals surface area contributed by atoms with Gasteiger partial charge in [0.15, 0.2) is 0 Å². The Hall–Kier alpha value is -0.680. The van der Waals surface area contributed by atoms with Crippen molar-refractivity contribution in [1.29, 1.82) is 0 Å². The topological polar surface area (TPSA) is 55.6 Å². The standard InChI is InChI=1S/C8H10ClN2O3PS/c1-10(2)15(9,16)14-8-5-3-4-7(6-8)11(12)13/h3-6H,1-2H3. The van der Waals surface area contributed by atoms with E-state index in [1.807, 2.05) is 0 Å². The second-order valence-electron chi connectivity index (χ2n) is 3.14. The highest BCUT2D eigenvalue weighted by atomic mass is 35.7. The molecule has 1 rings (SSSR count). The van der Waals surface area contributed by atoms with Gasteiger partial charge in [-0.3, -0.25) is 10.1 Å². The zero-order valence-corrected chi connectivity index (χ0v) is 11.1. The Morgan fingerprint density at radius 2 is 2.19 bits per heavy atom. The molecular weight excluding hydrogens is 271 g/mol. The Kier molecular flexibility index (Phi) is 4.27. The summed E-state index contributed by atoms with van der Waals surface area (Å²) in [5.74, 6) is -2.31. The summed E-state index contributed by atoms with van der Waals surface area (Å²) in [6.07, 6.45) is 0. The van der Waals surface area contributed by atoms with Crippen LogP contribution in [0.3, 0.4) is 0 Å². The molecule has 0 bridgehead atoms. The van der Waals surface area contributed by atoms with Gasteiger partial charge < -0.3 is 4.52 Å². The third-order valence-electron chi connectivity index (χ3n) is 1.72. The lowest BCUT2D eigenvalue weighted by atomic mass is 10.3. The predicted molar refractivity (Wildman–Crippen MR) is 67.5 cm³/mol. The maximum Gasteiger partial charge on any atom is 0.273 e. The van der Waals surface area contributed by atoms with E-state index in [-0.39, 0.29) is 5.69 Å². The zero-order chi connectivity index (χ0) is 12.3. The third kappa shape index (κ3) is 3.42. The second-order valence-corrected chi connectivity index (χ2v) is 8.49. The van der Waals surface area contributed by atoms with E-state index in [4.69, 9.17) is 27.6 Å². The highest BCUT2D eigenvalue weighted by molar-refractivity contribution is 8.23. The maximum absolute atomic E-state index is 10.5. The van der Waals surface area contributed by atoms with Gasteiger partial charge in [0, 0.05) is 6.07 Å². The molecule has 0 radical (unpaired) electrons. The van der Waals surface area contributed by atoms with Gasteiger partial charge in [-0.15, -0.1) is 0 Å². The van der Waals surface area contributed by atoms with Gasteiger partial charge in [0.2, 0.25) is 0 Å². The van der Waals surface area contributed by atoms with Crippen molar-refractivity contribution in [2.45, 2.75) is 0 Å². The van der Waals surface area contributed by atoms with Crippen molar-refractivity contribution in [1.82, 2.24) is 4.67 Å². The summed E-state index contributed by atoms with van der Waals surface area (Å²) < 4.78 is 6.95. The molecule has 0 saturated heterocycles. The van der Waals surface area contributed by atoms with Crippen LogP contribution in [0.1, 0.15) is 0 Å². The van der Waals surface area contributed by atoms with E-state index < -0.39 is 10.7 Å². The highest BCUT2D eigenvalue weighted by Crippen LogP contribution is 2.54. The van der Waals surface area contributed by atoms with Crippen LogP contribution in [0.5, 0.6) is 5.75 Å². The molecular formula is C8H10ClN2O3PS. The van der Waals surface area contributed by atoms with Gasteiger partial charge >= 0.3 is 0 Å². The van der Waals surface area contributed by atoms with E-state index in [1.54, 1.807) is 24.8 Å². The van der Waals surface area contributed by atoms with E-state index >= 15 is 0 Å². The quantitative estimate of drug-likeness (QED) is 0.482. The largest absolute Gasteiger partial charge is 0.441 e. The monoisotopic (exact) mass is 280 g/mol. The summed E-state index contributed by atoms with van der Waals surface area (Å²) >= 11 is 11.1. The summed E-state index contributed by atoms with van der Waals surface area (Å²) in [7, 11) is 3.40. The molecule has 1 unspecified atom stereocenters. The van der Waals surface area contributed by atoms with Crippen molar-refractivity contribution in [3.63, 3.8) is 0 Å². The molecule has 0 aliphatic carbocycles. The zero-order valence-electron chi connectivity index (χ0n) is 8.66. The molecule has 1 aromatic carbocycles. The van der Waals surface area contributed by atoms with E-state index in [9.17, 15) is 10.1 Å². The van der Waals surface area contributed by atoms with E-state index in [2.05, 4.69) is 0 Å². The molecule has 8 heteroatoms. The fourth-order valence-corrected chi connectivity index (χ4v) is 1.90. The van der Waals surface area contributed by atoms with Crippen LogP contribution in [0.2, 0.25) is 0 Å². The van der Waals surface area contributed by atoms with Crippen LogP contribution in [-0.4, -0.2) is 23.7 Å². The minimum absolute atomic E-state index is 0.0528. The van der Waals surface area contributed by atoms with Gasteiger partial charge in [-0.1, -0.05) is 6.07 Å². The number of hydrogen-bond acceptors (Lipinski definition) is 4. The lowest BCUT2D eigenvalue weighted by molar-refractivity contribution is -0.384. The molecule has 1 aromatic rings. The smallest absolute Gasteiger partial charge is 0.273 e. The van der Waals surface area contributed by atoms with Crippen LogP contribution in [0.15, 0.2) is 24.3 Å². The number of halogens is 1. The van der Waals surface area contributed by atoms with Crippen LogP contribution < -0.4 is 4.52 Å².